The quantitative estimate of drug-likeness (QED) is 0.779. The van der Waals surface area contributed by atoms with Crippen LogP contribution in [0.4, 0.5) is 5.69 Å². The van der Waals surface area contributed by atoms with Gasteiger partial charge in [0.1, 0.15) is 0 Å². The molecule has 0 saturated carbocycles. The summed E-state index contributed by atoms with van der Waals surface area (Å²) in [6.07, 6.45) is 5.89. The first-order valence-corrected chi connectivity index (χ1v) is 7.25. The second-order valence-electron chi connectivity index (χ2n) is 5.10. The number of para-hydroxylation sites is 1. The summed E-state index contributed by atoms with van der Waals surface area (Å²) in [5.41, 5.74) is 2.53. The summed E-state index contributed by atoms with van der Waals surface area (Å²) in [7, 11) is 0. The van der Waals surface area contributed by atoms with Gasteiger partial charge in [-0.25, -0.2) is 0 Å². The van der Waals surface area contributed by atoms with Crippen LogP contribution in [0.5, 0.6) is 0 Å². The van der Waals surface area contributed by atoms with Gasteiger partial charge in [-0.2, -0.15) is 0 Å². The van der Waals surface area contributed by atoms with Crippen molar-refractivity contribution in [3.63, 3.8) is 0 Å². The van der Waals surface area contributed by atoms with Crippen molar-refractivity contribution in [3.8, 4) is 0 Å². The summed E-state index contributed by atoms with van der Waals surface area (Å²) in [4.78, 5) is 6.48. The van der Waals surface area contributed by atoms with E-state index in [9.17, 15) is 0 Å². The van der Waals surface area contributed by atoms with Gasteiger partial charge in [0, 0.05) is 37.8 Å². The topological polar surface area (TPSA) is 25.4 Å². The predicted octanol–water partition coefficient (Wildman–Crippen LogP) is 2.21. The zero-order chi connectivity index (χ0) is 13.6. The van der Waals surface area contributed by atoms with E-state index < -0.39 is 0 Å². The molecule has 1 aromatic carbocycles. The fourth-order valence-corrected chi connectivity index (χ4v) is 2.71. The molecule has 0 amide bonds. The minimum atomic E-state index is 0.218. The van der Waals surface area contributed by atoms with E-state index in [0.717, 1.165) is 32.4 Å². The molecule has 102 valence electrons. The second kappa shape index (κ2) is 6.57. The highest BCUT2D eigenvalue weighted by atomic mass is 16.4. The van der Waals surface area contributed by atoms with E-state index in [0.29, 0.717) is 0 Å². The molecule has 0 N–H and O–H groups in total. The van der Waals surface area contributed by atoms with Gasteiger partial charge in [0.15, 0.2) is 0 Å². The Bertz CT molecular complexity index is 463. The molecule has 3 nitrogen and oxygen atoms in total. The number of hydrogen-bond donors (Lipinski definition) is 0. The third kappa shape index (κ3) is 3.20. The van der Waals surface area contributed by atoms with Crippen LogP contribution in [0.1, 0.15) is 6.42 Å². The Morgan fingerprint density at radius 1 is 1.00 bits per heavy atom. The molecule has 0 unspecified atom stereocenters. The molecule has 0 bridgehead atoms. The summed E-state index contributed by atoms with van der Waals surface area (Å²) in [5, 5.41) is 0. The number of nitrogens with zero attached hydrogens (tertiary/aromatic N) is 2. The maximum atomic E-state index is 6.05. The molecular weight excluding hydrogens is 247 g/mol. The second-order valence-corrected chi connectivity index (χ2v) is 5.10. The lowest BCUT2D eigenvalue weighted by molar-refractivity contribution is 0.324. The average Bonchev–Trinajstić information content (AvgIpc) is 2.49. The van der Waals surface area contributed by atoms with Crippen LogP contribution in [0.15, 0.2) is 54.9 Å². The summed E-state index contributed by atoms with van der Waals surface area (Å²) < 4.78 is 6.05. The molecule has 3 rings (SSSR count). The number of anilines is 1. The molecule has 1 aliphatic rings. The number of benzene rings is 1. The number of hydrogen-bond acceptors (Lipinski definition) is 3. The van der Waals surface area contributed by atoms with E-state index in [4.69, 9.17) is 4.65 Å². The lowest BCUT2D eigenvalue weighted by Crippen LogP contribution is -2.40. The van der Waals surface area contributed by atoms with Gasteiger partial charge < -0.3 is 9.55 Å². The van der Waals surface area contributed by atoms with Crippen molar-refractivity contribution < 1.29 is 4.65 Å². The highest BCUT2D eigenvalue weighted by Gasteiger charge is 2.21. The maximum Gasteiger partial charge on any atom is 0.326 e. The Labute approximate surface area is 120 Å². The van der Waals surface area contributed by atoms with Gasteiger partial charge in [-0.05, 0) is 42.5 Å². The first-order valence-electron chi connectivity index (χ1n) is 7.25. The monoisotopic (exact) mass is 266 g/mol. The maximum absolute atomic E-state index is 6.05. The van der Waals surface area contributed by atoms with E-state index in [1.54, 1.807) is 0 Å². The van der Waals surface area contributed by atoms with Crippen molar-refractivity contribution in [2.45, 2.75) is 12.7 Å². The largest absolute Gasteiger partial charge is 0.429 e. The Morgan fingerprint density at radius 2 is 1.80 bits per heavy atom. The minimum Gasteiger partial charge on any atom is -0.429 e. The van der Waals surface area contributed by atoms with Crippen molar-refractivity contribution in [2.75, 3.05) is 24.6 Å². The molecule has 0 spiro atoms. The van der Waals surface area contributed by atoms with Crippen LogP contribution >= 0.6 is 0 Å². The fourth-order valence-electron chi connectivity index (χ4n) is 2.71. The molecule has 2 heterocycles. The van der Waals surface area contributed by atoms with Crippen LogP contribution in [0.2, 0.25) is 6.32 Å². The normalized spacial score (nSPS) is 16.6. The smallest absolute Gasteiger partial charge is 0.326 e. The van der Waals surface area contributed by atoms with Crippen molar-refractivity contribution in [3.05, 3.63) is 54.9 Å². The van der Waals surface area contributed by atoms with Gasteiger partial charge >= 0.3 is 6.92 Å². The standard InChI is InChI=1S/C16H19BN2O/c1-2-5-16(6-3-1)19-12-4-9-17(20-14-13-19)15-7-10-18-11-8-15/h1-3,5-8,10-11H,4,9,12-14H2. The van der Waals surface area contributed by atoms with Gasteiger partial charge in [0.2, 0.25) is 0 Å². The summed E-state index contributed by atoms with van der Waals surface area (Å²) in [6, 6.07) is 14.7. The predicted molar refractivity (Wildman–Crippen MR) is 83.7 cm³/mol. The lowest BCUT2D eigenvalue weighted by atomic mass is 9.57. The van der Waals surface area contributed by atoms with Gasteiger partial charge in [0.05, 0.1) is 0 Å². The molecule has 4 heteroatoms. The molecule has 1 aliphatic heterocycles. The van der Waals surface area contributed by atoms with E-state index in [-0.39, 0.29) is 6.92 Å². The van der Waals surface area contributed by atoms with Crippen LogP contribution in [0, 0.1) is 0 Å². The third-order valence-electron chi connectivity index (χ3n) is 3.77. The molecule has 1 aromatic heterocycles. The van der Waals surface area contributed by atoms with Crippen molar-refractivity contribution >= 4 is 18.1 Å². The van der Waals surface area contributed by atoms with Crippen molar-refractivity contribution in [1.29, 1.82) is 0 Å². The van der Waals surface area contributed by atoms with E-state index in [2.05, 4.69) is 52.3 Å². The van der Waals surface area contributed by atoms with Crippen LogP contribution in [-0.4, -0.2) is 31.6 Å². The van der Waals surface area contributed by atoms with Crippen LogP contribution in [0.3, 0.4) is 0 Å². The highest BCUT2D eigenvalue weighted by Crippen LogP contribution is 2.16. The van der Waals surface area contributed by atoms with Gasteiger partial charge in [-0.15, -0.1) is 0 Å². The molecule has 1 fully saturated rings. The Morgan fingerprint density at radius 3 is 2.60 bits per heavy atom. The van der Waals surface area contributed by atoms with Gasteiger partial charge in [0.25, 0.3) is 0 Å². The number of rotatable bonds is 2. The van der Waals surface area contributed by atoms with Crippen molar-refractivity contribution in [1.82, 2.24) is 4.98 Å². The molecule has 0 atom stereocenters. The number of pyridine rings is 1. The molecule has 0 radical (unpaired) electrons. The first kappa shape index (κ1) is 13.2. The number of aromatic nitrogens is 1. The van der Waals surface area contributed by atoms with E-state index in [1.165, 1.54) is 11.2 Å². The van der Waals surface area contributed by atoms with Crippen molar-refractivity contribution in [2.24, 2.45) is 0 Å². The van der Waals surface area contributed by atoms with E-state index >= 15 is 0 Å². The SMILES string of the molecule is c1ccc(N2CCCB(c3ccncc3)OCC2)cc1. The fraction of sp³-hybridized carbons (Fsp3) is 0.312. The Kier molecular flexibility index (Phi) is 4.33. The lowest BCUT2D eigenvalue weighted by Gasteiger charge is -2.29. The Balaban J connectivity index is 1.62. The summed E-state index contributed by atoms with van der Waals surface area (Å²) in [6.45, 7) is 3.03. The van der Waals surface area contributed by atoms with Crippen LogP contribution in [-0.2, 0) is 4.65 Å². The van der Waals surface area contributed by atoms with Crippen LogP contribution in [0.25, 0.3) is 0 Å². The molecule has 2 aromatic rings. The minimum absolute atomic E-state index is 0.218. The first-order chi connectivity index (χ1) is 9.93. The van der Waals surface area contributed by atoms with Gasteiger partial charge in [-0.1, -0.05) is 18.2 Å². The zero-order valence-corrected chi connectivity index (χ0v) is 11.6. The molecule has 20 heavy (non-hydrogen) atoms. The molecule has 1 saturated heterocycles. The molecule has 0 aliphatic carbocycles. The Hall–Kier alpha value is -1.81. The zero-order valence-electron chi connectivity index (χ0n) is 11.6. The average molecular weight is 266 g/mol. The van der Waals surface area contributed by atoms with E-state index in [1.807, 2.05) is 12.4 Å². The molecular formula is C16H19BN2O. The van der Waals surface area contributed by atoms with Gasteiger partial charge in [-0.3, -0.25) is 4.98 Å². The third-order valence-corrected chi connectivity index (χ3v) is 3.77. The van der Waals surface area contributed by atoms with Crippen LogP contribution < -0.4 is 10.4 Å². The summed E-state index contributed by atoms with van der Waals surface area (Å²) in [5.74, 6) is 0. The summed E-state index contributed by atoms with van der Waals surface area (Å²) >= 11 is 0. The highest BCUT2D eigenvalue weighted by molar-refractivity contribution is 6.67.